The van der Waals surface area contributed by atoms with Gasteiger partial charge in [0.15, 0.2) is 0 Å². The smallest absolute Gasteiger partial charge is 0.251 e. The number of benzene rings is 2. The lowest BCUT2D eigenvalue weighted by Gasteiger charge is -2.26. The van der Waals surface area contributed by atoms with Gasteiger partial charge in [0, 0.05) is 24.3 Å². The molecule has 2 aromatic rings. The first-order valence-electron chi connectivity index (χ1n) is 7.49. The maximum Gasteiger partial charge on any atom is 0.251 e. The summed E-state index contributed by atoms with van der Waals surface area (Å²) in [4.78, 5) is 12.0. The molecule has 2 aromatic carbocycles. The Morgan fingerprint density at radius 1 is 1.17 bits per heavy atom. The summed E-state index contributed by atoms with van der Waals surface area (Å²) in [6, 6.07) is 13.3. The van der Waals surface area contributed by atoms with E-state index in [9.17, 15) is 9.18 Å². The maximum absolute atomic E-state index is 13.5. The number of hydrogen-bond donors (Lipinski definition) is 1. The van der Waals surface area contributed by atoms with Gasteiger partial charge in [-0.05, 0) is 42.8 Å². The average Bonchev–Trinajstić information content (AvgIpc) is 2.53. The van der Waals surface area contributed by atoms with E-state index in [2.05, 4.69) is 17.2 Å². The third-order valence-corrected chi connectivity index (χ3v) is 3.65. The molecule has 1 amide bonds. The third-order valence-electron chi connectivity index (χ3n) is 3.65. The molecule has 1 saturated heterocycles. The molecule has 1 heterocycles. The Morgan fingerprint density at radius 2 is 1.91 bits per heavy atom. The molecular formula is C19H16FNO2. The van der Waals surface area contributed by atoms with Crippen molar-refractivity contribution < 1.29 is 13.9 Å². The van der Waals surface area contributed by atoms with Crippen molar-refractivity contribution in [3.8, 4) is 11.8 Å². The molecule has 0 bridgehead atoms. The van der Waals surface area contributed by atoms with Crippen molar-refractivity contribution in [2.45, 2.75) is 12.5 Å². The minimum Gasteiger partial charge on any atom is -0.376 e. The van der Waals surface area contributed by atoms with Crippen LogP contribution in [0.25, 0.3) is 0 Å². The van der Waals surface area contributed by atoms with Gasteiger partial charge in [-0.2, -0.15) is 0 Å². The Hall–Kier alpha value is -2.64. The number of carbonyl (C=O) groups excluding carboxylic acids is 1. The van der Waals surface area contributed by atoms with E-state index >= 15 is 0 Å². The molecule has 0 aromatic heterocycles. The minimum absolute atomic E-state index is 0.130. The van der Waals surface area contributed by atoms with Gasteiger partial charge in [0.05, 0.1) is 11.7 Å². The Kier molecular flexibility index (Phi) is 4.70. The molecule has 1 unspecified atom stereocenters. The van der Waals surface area contributed by atoms with E-state index in [1.54, 1.807) is 42.5 Å². The number of ether oxygens (including phenoxy) is 1. The molecular weight excluding hydrogens is 293 g/mol. The number of halogens is 1. The first kappa shape index (κ1) is 15.3. The number of hydrogen-bond acceptors (Lipinski definition) is 2. The molecule has 1 aliphatic rings. The van der Waals surface area contributed by atoms with E-state index in [-0.39, 0.29) is 17.8 Å². The second-order valence-corrected chi connectivity index (χ2v) is 5.30. The van der Waals surface area contributed by atoms with Crippen molar-refractivity contribution in [2.75, 3.05) is 13.2 Å². The SMILES string of the molecule is O=C(NCC1CCO1)c1ccc(C#Cc2ccccc2F)cc1. The van der Waals surface area contributed by atoms with E-state index < -0.39 is 0 Å². The highest BCUT2D eigenvalue weighted by Gasteiger charge is 2.18. The number of carbonyl (C=O) groups is 1. The fourth-order valence-corrected chi connectivity index (χ4v) is 2.16. The van der Waals surface area contributed by atoms with Gasteiger partial charge >= 0.3 is 0 Å². The molecule has 3 nitrogen and oxygen atoms in total. The van der Waals surface area contributed by atoms with Crippen molar-refractivity contribution in [1.29, 1.82) is 0 Å². The van der Waals surface area contributed by atoms with Gasteiger partial charge < -0.3 is 10.1 Å². The fraction of sp³-hybridized carbons (Fsp3) is 0.211. The van der Waals surface area contributed by atoms with Crippen LogP contribution in [0.5, 0.6) is 0 Å². The highest BCUT2D eigenvalue weighted by Crippen LogP contribution is 2.10. The van der Waals surface area contributed by atoms with Crippen LogP contribution in [0.15, 0.2) is 48.5 Å². The predicted octanol–water partition coefficient (Wildman–Crippen LogP) is 2.74. The molecule has 116 valence electrons. The highest BCUT2D eigenvalue weighted by atomic mass is 19.1. The van der Waals surface area contributed by atoms with Crippen molar-refractivity contribution in [3.63, 3.8) is 0 Å². The van der Waals surface area contributed by atoms with Gasteiger partial charge in [-0.25, -0.2) is 4.39 Å². The molecule has 1 fully saturated rings. The molecule has 1 aliphatic heterocycles. The quantitative estimate of drug-likeness (QED) is 0.885. The normalized spacial score (nSPS) is 16.0. The Bertz CT molecular complexity index is 755. The largest absolute Gasteiger partial charge is 0.376 e. The zero-order valence-electron chi connectivity index (χ0n) is 12.5. The minimum atomic E-state index is -0.339. The van der Waals surface area contributed by atoms with Crippen molar-refractivity contribution >= 4 is 5.91 Å². The molecule has 1 atom stereocenters. The van der Waals surface area contributed by atoms with Crippen LogP contribution in [0.4, 0.5) is 4.39 Å². The second-order valence-electron chi connectivity index (χ2n) is 5.30. The van der Waals surface area contributed by atoms with E-state index in [4.69, 9.17) is 4.74 Å². The number of amides is 1. The highest BCUT2D eigenvalue weighted by molar-refractivity contribution is 5.94. The van der Waals surface area contributed by atoms with E-state index in [1.165, 1.54) is 6.07 Å². The first-order chi connectivity index (χ1) is 11.2. The van der Waals surface area contributed by atoms with Crippen LogP contribution >= 0.6 is 0 Å². The summed E-state index contributed by atoms with van der Waals surface area (Å²) < 4.78 is 18.7. The number of rotatable bonds is 3. The fourth-order valence-electron chi connectivity index (χ4n) is 2.16. The van der Waals surface area contributed by atoms with Gasteiger partial charge in [-0.1, -0.05) is 24.0 Å². The summed E-state index contributed by atoms with van der Waals surface area (Å²) in [5.74, 6) is 5.22. The van der Waals surface area contributed by atoms with Gasteiger partial charge in [0.1, 0.15) is 5.82 Å². The van der Waals surface area contributed by atoms with E-state index in [0.29, 0.717) is 17.7 Å². The van der Waals surface area contributed by atoms with Crippen molar-refractivity contribution in [3.05, 3.63) is 71.0 Å². The molecule has 1 N–H and O–H groups in total. The lowest BCUT2D eigenvalue weighted by molar-refractivity contribution is -0.0472. The zero-order valence-corrected chi connectivity index (χ0v) is 12.5. The number of nitrogens with one attached hydrogen (secondary N) is 1. The summed E-state index contributed by atoms with van der Waals surface area (Å²) in [5.41, 5.74) is 1.66. The van der Waals surface area contributed by atoms with Crippen LogP contribution < -0.4 is 5.32 Å². The van der Waals surface area contributed by atoms with Gasteiger partial charge in [-0.15, -0.1) is 0 Å². The summed E-state index contributed by atoms with van der Waals surface area (Å²) in [7, 11) is 0. The van der Waals surface area contributed by atoms with Crippen LogP contribution in [-0.4, -0.2) is 25.2 Å². The van der Waals surface area contributed by atoms with Crippen LogP contribution in [0.1, 0.15) is 27.9 Å². The molecule has 3 rings (SSSR count). The van der Waals surface area contributed by atoms with E-state index in [1.807, 2.05) is 0 Å². The first-order valence-corrected chi connectivity index (χ1v) is 7.49. The van der Waals surface area contributed by atoms with Crippen LogP contribution in [-0.2, 0) is 4.74 Å². The Morgan fingerprint density at radius 3 is 2.57 bits per heavy atom. The van der Waals surface area contributed by atoms with Crippen molar-refractivity contribution in [2.24, 2.45) is 0 Å². The molecule has 4 heteroatoms. The molecule has 0 aliphatic carbocycles. The van der Waals surface area contributed by atoms with Crippen LogP contribution in [0.2, 0.25) is 0 Å². The van der Waals surface area contributed by atoms with Crippen molar-refractivity contribution in [1.82, 2.24) is 5.32 Å². The molecule has 0 saturated carbocycles. The lowest BCUT2D eigenvalue weighted by Crippen LogP contribution is -2.39. The lowest BCUT2D eigenvalue weighted by atomic mass is 10.1. The summed E-state index contributed by atoms with van der Waals surface area (Å²) in [6.07, 6.45) is 1.13. The predicted molar refractivity (Wildman–Crippen MR) is 85.5 cm³/mol. The van der Waals surface area contributed by atoms with Crippen LogP contribution in [0, 0.1) is 17.7 Å². The van der Waals surface area contributed by atoms with E-state index in [0.717, 1.165) is 18.6 Å². The second kappa shape index (κ2) is 7.08. The Balaban J connectivity index is 1.63. The van der Waals surface area contributed by atoms with Gasteiger partial charge in [0.2, 0.25) is 0 Å². The average molecular weight is 309 g/mol. The third kappa shape index (κ3) is 3.97. The van der Waals surface area contributed by atoms with Crippen LogP contribution in [0.3, 0.4) is 0 Å². The Labute approximate surface area is 134 Å². The molecule has 0 radical (unpaired) electrons. The monoisotopic (exact) mass is 309 g/mol. The topological polar surface area (TPSA) is 38.3 Å². The summed E-state index contributed by atoms with van der Waals surface area (Å²) >= 11 is 0. The summed E-state index contributed by atoms with van der Waals surface area (Å²) in [5, 5.41) is 2.84. The van der Waals surface area contributed by atoms with Gasteiger partial charge in [0.25, 0.3) is 5.91 Å². The molecule has 23 heavy (non-hydrogen) atoms. The molecule has 0 spiro atoms. The standard InChI is InChI=1S/C19H16FNO2/c20-18-4-2-1-3-15(18)8-5-14-6-9-16(10-7-14)19(22)21-13-17-11-12-23-17/h1-4,6-7,9-10,17H,11-13H2,(H,21,22). The van der Waals surface area contributed by atoms with Gasteiger partial charge in [-0.3, -0.25) is 4.79 Å². The maximum atomic E-state index is 13.5. The zero-order chi connectivity index (χ0) is 16.1. The summed E-state index contributed by atoms with van der Waals surface area (Å²) in [6.45, 7) is 1.31.